The number of benzene rings is 1. The SMILES string of the molecule is COc1cc(C)c(S(=O)(=O)N(C)CCC2OC(C)O2)c(C)c1. The van der Waals surface area contributed by atoms with Gasteiger partial charge in [0, 0.05) is 20.0 Å². The Kier molecular flexibility index (Phi) is 5.11. The Hall–Kier alpha value is -1.15. The van der Waals surface area contributed by atoms with E-state index in [1.807, 2.05) is 0 Å². The van der Waals surface area contributed by atoms with Gasteiger partial charge in [-0.1, -0.05) is 0 Å². The Labute approximate surface area is 132 Å². The van der Waals surface area contributed by atoms with E-state index >= 15 is 0 Å². The highest BCUT2D eigenvalue weighted by atomic mass is 32.2. The molecule has 1 aliphatic heterocycles. The molecule has 1 fully saturated rings. The van der Waals surface area contributed by atoms with E-state index in [-0.39, 0.29) is 12.6 Å². The van der Waals surface area contributed by atoms with E-state index in [0.717, 1.165) is 0 Å². The van der Waals surface area contributed by atoms with Crippen molar-refractivity contribution in [2.75, 3.05) is 20.7 Å². The fraction of sp³-hybridized carbons (Fsp3) is 0.600. The smallest absolute Gasteiger partial charge is 0.243 e. The summed E-state index contributed by atoms with van der Waals surface area (Å²) in [5.41, 5.74) is 1.35. The summed E-state index contributed by atoms with van der Waals surface area (Å²) >= 11 is 0. The summed E-state index contributed by atoms with van der Waals surface area (Å²) in [6.45, 7) is 5.69. The molecule has 7 heteroatoms. The van der Waals surface area contributed by atoms with Crippen molar-refractivity contribution >= 4 is 10.0 Å². The summed E-state index contributed by atoms with van der Waals surface area (Å²) < 4.78 is 42.7. The molecule has 0 spiro atoms. The summed E-state index contributed by atoms with van der Waals surface area (Å²) in [4.78, 5) is 0.333. The molecule has 124 valence electrons. The van der Waals surface area contributed by atoms with Crippen LogP contribution in [0.25, 0.3) is 0 Å². The molecule has 1 heterocycles. The molecule has 0 aromatic heterocycles. The van der Waals surface area contributed by atoms with Gasteiger partial charge < -0.3 is 14.2 Å². The molecule has 1 aromatic carbocycles. The van der Waals surface area contributed by atoms with Gasteiger partial charge in [-0.05, 0) is 44.0 Å². The zero-order chi connectivity index (χ0) is 16.5. The number of aryl methyl sites for hydroxylation is 2. The number of rotatable bonds is 6. The van der Waals surface area contributed by atoms with Gasteiger partial charge in [-0.3, -0.25) is 0 Å². The van der Waals surface area contributed by atoms with E-state index in [2.05, 4.69) is 0 Å². The van der Waals surface area contributed by atoms with Gasteiger partial charge in [-0.25, -0.2) is 12.7 Å². The molecule has 0 radical (unpaired) electrons. The maximum atomic E-state index is 12.8. The van der Waals surface area contributed by atoms with Crippen LogP contribution in [0.2, 0.25) is 0 Å². The third-order valence-electron chi connectivity index (χ3n) is 3.70. The van der Waals surface area contributed by atoms with E-state index < -0.39 is 10.0 Å². The van der Waals surface area contributed by atoms with Crippen molar-refractivity contribution in [3.63, 3.8) is 0 Å². The minimum Gasteiger partial charge on any atom is -0.497 e. The second kappa shape index (κ2) is 6.54. The second-order valence-electron chi connectivity index (χ2n) is 5.47. The third kappa shape index (κ3) is 3.43. The normalized spacial score (nSPS) is 21.7. The summed E-state index contributed by atoms with van der Waals surface area (Å²) in [6.07, 6.45) is -0.00221. The molecule has 22 heavy (non-hydrogen) atoms. The topological polar surface area (TPSA) is 65.1 Å². The molecule has 0 unspecified atom stereocenters. The molecule has 1 aromatic rings. The lowest BCUT2D eigenvalue weighted by Gasteiger charge is -2.34. The van der Waals surface area contributed by atoms with E-state index in [1.165, 1.54) is 4.31 Å². The summed E-state index contributed by atoms with van der Waals surface area (Å²) in [6, 6.07) is 3.46. The molecule has 1 saturated heterocycles. The number of nitrogens with zero attached hydrogens (tertiary/aromatic N) is 1. The van der Waals surface area contributed by atoms with Gasteiger partial charge in [0.05, 0.1) is 12.0 Å². The molecule has 0 N–H and O–H groups in total. The minimum absolute atomic E-state index is 0.196. The van der Waals surface area contributed by atoms with Crippen LogP contribution in [-0.2, 0) is 19.5 Å². The average Bonchev–Trinajstić information content (AvgIpc) is 2.40. The van der Waals surface area contributed by atoms with Gasteiger partial charge in [0.15, 0.2) is 12.6 Å². The van der Waals surface area contributed by atoms with Crippen LogP contribution in [0.4, 0.5) is 0 Å². The zero-order valence-corrected chi connectivity index (χ0v) is 14.4. The number of sulfonamides is 1. The van der Waals surface area contributed by atoms with Crippen molar-refractivity contribution < 1.29 is 22.6 Å². The Morgan fingerprint density at radius 1 is 1.23 bits per heavy atom. The molecule has 1 aliphatic rings. The highest BCUT2D eigenvalue weighted by Crippen LogP contribution is 2.28. The number of ether oxygens (including phenoxy) is 3. The largest absolute Gasteiger partial charge is 0.497 e. The van der Waals surface area contributed by atoms with E-state index in [9.17, 15) is 8.42 Å². The fourth-order valence-corrected chi connectivity index (χ4v) is 4.16. The Morgan fingerprint density at radius 3 is 2.23 bits per heavy atom. The van der Waals surface area contributed by atoms with Crippen LogP contribution in [0, 0.1) is 13.8 Å². The van der Waals surface area contributed by atoms with Gasteiger partial charge in [0.2, 0.25) is 10.0 Å². The first-order chi connectivity index (χ1) is 10.3. The standard InChI is InChI=1S/C15H23NO5S/c1-10-8-13(19-5)9-11(2)15(10)22(17,18)16(4)7-6-14-20-12(3)21-14/h8-9,12,14H,6-7H2,1-5H3. The van der Waals surface area contributed by atoms with Gasteiger partial charge in [0.1, 0.15) is 5.75 Å². The molecular formula is C15H23NO5S. The molecule has 0 atom stereocenters. The van der Waals surface area contributed by atoms with Gasteiger partial charge in [-0.15, -0.1) is 0 Å². The predicted molar refractivity (Wildman–Crippen MR) is 82.3 cm³/mol. The van der Waals surface area contributed by atoms with Crippen LogP contribution in [-0.4, -0.2) is 46.0 Å². The predicted octanol–water partition coefficient (Wildman–Crippen LogP) is 2.04. The van der Waals surface area contributed by atoms with Gasteiger partial charge in [-0.2, -0.15) is 0 Å². The van der Waals surface area contributed by atoms with Crippen LogP contribution >= 0.6 is 0 Å². The molecule has 2 rings (SSSR count). The van der Waals surface area contributed by atoms with E-state index in [4.69, 9.17) is 14.2 Å². The zero-order valence-electron chi connectivity index (χ0n) is 13.6. The van der Waals surface area contributed by atoms with Crippen LogP contribution in [0.5, 0.6) is 5.75 Å². The van der Waals surface area contributed by atoms with Crippen molar-refractivity contribution in [1.29, 1.82) is 0 Å². The molecular weight excluding hydrogens is 306 g/mol. The van der Waals surface area contributed by atoms with Crippen molar-refractivity contribution in [3.05, 3.63) is 23.3 Å². The maximum absolute atomic E-state index is 12.8. The lowest BCUT2D eigenvalue weighted by Crippen LogP contribution is -2.41. The van der Waals surface area contributed by atoms with E-state index in [0.29, 0.717) is 34.7 Å². The Morgan fingerprint density at radius 2 is 1.77 bits per heavy atom. The molecule has 0 bridgehead atoms. The number of hydrogen-bond donors (Lipinski definition) is 0. The summed E-state index contributed by atoms with van der Waals surface area (Å²) in [7, 11) is -0.418. The second-order valence-corrected chi connectivity index (χ2v) is 7.46. The molecule has 0 amide bonds. The fourth-order valence-electron chi connectivity index (χ4n) is 2.57. The quantitative estimate of drug-likeness (QED) is 0.799. The van der Waals surface area contributed by atoms with Crippen LogP contribution < -0.4 is 4.74 Å². The van der Waals surface area contributed by atoms with Crippen LogP contribution in [0.3, 0.4) is 0 Å². The van der Waals surface area contributed by atoms with Gasteiger partial charge in [0.25, 0.3) is 0 Å². The Bertz CT molecular complexity index is 614. The lowest BCUT2D eigenvalue weighted by molar-refractivity contribution is -0.377. The Balaban J connectivity index is 2.15. The van der Waals surface area contributed by atoms with Crippen molar-refractivity contribution in [1.82, 2.24) is 4.31 Å². The van der Waals surface area contributed by atoms with Crippen molar-refractivity contribution in [3.8, 4) is 5.75 Å². The molecule has 0 aliphatic carbocycles. The van der Waals surface area contributed by atoms with Gasteiger partial charge >= 0.3 is 0 Å². The molecule has 6 nitrogen and oxygen atoms in total. The van der Waals surface area contributed by atoms with Crippen molar-refractivity contribution in [2.45, 2.75) is 44.7 Å². The maximum Gasteiger partial charge on any atom is 0.243 e. The van der Waals surface area contributed by atoms with Crippen LogP contribution in [0.15, 0.2) is 17.0 Å². The monoisotopic (exact) mass is 329 g/mol. The highest BCUT2D eigenvalue weighted by molar-refractivity contribution is 7.89. The minimum atomic E-state index is -3.55. The van der Waals surface area contributed by atoms with E-state index in [1.54, 1.807) is 47.1 Å². The molecule has 0 saturated carbocycles. The first-order valence-corrected chi connectivity index (χ1v) is 8.62. The summed E-state index contributed by atoms with van der Waals surface area (Å²) in [5, 5.41) is 0. The summed E-state index contributed by atoms with van der Waals surface area (Å²) in [5.74, 6) is 0.654. The number of methoxy groups -OCH3 is 1. The van der Waals surface area contributed by atoms with Crippen LogP contribution in [0.1, 0.15) is 24.5 Å². The number of hydrogen-bond acceptors (Lipinski definition) is 5. The third-order valence-corrected chi connectivity index (χ3v) is 5.87. The average molecular weight is 329 g/mol. The highest BCUT2D eigenvalue weighted by Gasteiger charge is 2.30. The first kappa shape index (κ1) is 17.2. The lowest BCUT2D eigenvalue weighted by atomic mass is 10.1. The first-order valence-electron chi connectivity index (χ1n) is 7.18. The van der Waals surface area contributed by atoms with Crippen molar-refractivity contribution in [2.24, 2.45) is 0 Å².